The SMILES string of the molecule is Cc1nc(N[C@@H]2C[C@@H]3CC4(C[C@@H]3C2)OCC(C)(C)CO4)cc(-n2c(C(F)F)nc3ccccc32)n1. The van der Waals surface area contributed by atoms with Gasteiger partial charge in [0.2, 0.25) is 0 Å². The van der Waals surface area contributed by atoms with Gasteiger partial charge in [-0.1, -0.05) is 26.0 Å². The standard InChI is InChI=1S/C26H31F2N5O2/c1-15-29-21(10-22(30-15)33-20-7-5-4-6-19(20)32-24(33)23(27)28)31-18-8-16-11-26(12-17(16)9-18)34-13-25(2,3)14-35-26/h4-7,10,16-18,23H,8-9,11-14H2,1-3H3,(H,29,30,31)/t16-,17+,18-. The number of para-hydroxylation sites is 2. The van der Waals surface area contributed by atoms with Crippen molar-refractivity contribution in [2.75, 3.05) is 18.5 Å². The van der Waals surface area contributed by atoms with Gasteiger partial charge in [-0.3, -0.25) is 4.57 Å². The Bertz CT molecular complexity index is 1230. The summed E-state index contributed by atoms with van der Waals surface area (Å²) in [4.78, 5) is 13.2. The lowest BCUT2D eigenvalue weighted by molar-refractivity contribution is -0.297. The molecule has 1 aliphatic heterocycles. The van der Waals surface area contributed by atoms with E-state index in [4.69, 9.17) is 9.47 Å². The van der Waals surface area contributed by atoms with Crippen LogP contribution in [0.3, 0.4) is 0 Å². The fourth-order valence-corrected chi connectivity index (χ4v) is 6.07. The number of alkyl halides is 2. The van der Waals surface area contributed by atoms with Crippen molar-refractivity contribution in [1.29, 1.82) is 0 Å². The topological polar surface area (TPSA) is 74.1 Å². The highest BCUT2D eigenvalue weighted by molar-refractivity contribution is 5.78. The summed E-state index contributed by atoms with van der Waals surface area (Å²) in [5.74, 6) is 1.92. The fraction of sp³-hybridized carbons (Fsp3) is 0.577. The second-order valence-electron chi connectivity index (χ2n) is 11.1. The highest BCUT2D eigenvalue weighted by Gasteiger charge is 2.53. The summed E-state index contributed by atoms with van der Waals surface area (Å²) >= 11 is 0. The van der Waals surface area contributed by atoms with Gasteiger partial charge in [0.25, 0.3) is 6.43 Å². The molecular formula is C26H31F2N5O2. The number of hydrogen-bond acceptors (Lipinski definition) is 6. The smallest absolute Gasteiger partial charge is 0.296 e. The molecule has 35 heavy (non-hydrogen) atoms. The number of hydrogen-bond donors (Lipinski definition) is 1. The molecule has 7 nitrogen and oxygen atoms in total. The van der Waals surface area contributed by atoms with Crippen LogP contribution < -0.4 is 5.32 Å². The molecule has 0 amide bonds. The average Bonchev–Trinajstić information content (AvgIpc) is 3.45. The molecule has 3 fully saturated rings. The van der Waals surface area contributed by atoms with Crippen molar-refractivity contribution in [3.8, 4) is 5.82 Å². The average molecular weight is 484 g/mol. The van der Waals surface area contributed by atoms with Crippen LogP contribution in [0.5, 0.6) is 0 Å². The van der Waals surface area contributed by atoms with Gasteiger partial charge in [0.05, 0.1) is 24.2 Å². The zero-order chi connectivity index (χ0) is 24.4. The van der Waals surface area contributed by atoms with Gasteiger partial charge in [-0.05, 0) is 43.7 Å². The number of nitrogens with zero attached hydrogens (tertiary/aromatic N) is 4. The van der Waals surface area contributed by atoms with Crippen LogP contribution in [0.2, 0.25) is 0 Å². The maximum Gasteiger partial charge on any atom is 0.296 e. The van der Waals surface area contributed by atoms with E-state index in [9.17, 15) is 8.78 Å². The third kappa shape index (κ3) is 4.18. The molecule has 2 saturated carbocycles. The van der Waals surface area contributed by atoms with Crippen molar-refractivity contribution in [2.24, 2.45) is 17.3 Å². The minimum absolute atomic E-state index is 0.0698. The molecule has 2 aliphatic carbocycles. The molecule has 0 bridgehead atoms. The molecule has 1 N–H and O–H groups in total. The summed E-state index contributed by atoms with van der Waals surface area (Å²) in [6.07, 6.45) is 1.16. The Labute approximate surface area is 203 Å². The number of aryl methyl sites for hydroxylation is 1. The van der Waals surface area contributed by atoms with Gasteiger partial charge in [-0.15, -0.1) is 0 Å². The van der Waals surface area contributed by atoms with Gasteiger partial charge in [0.1, 0.15) is 17.5 Å². The Kier molecular flexibility index (Phi) is 5.34. The molecule has 186 valence electrons. The summed E-state index contributed by atoms with van der Waals surface area (Å²) in [6.45, 7) is 7.60. The van der Waals surface area contributed by atoms with Crippen LogP contribution in [0, 0.1) is 24.2 Å². The van der Waals surface area contributed by atoms with E-state index in [1.54, 1.807) is 31.2 Å². The second kappa shape index (κ2) is 8.20. The van der Waals surface area contributed by atoms with Crippen LogP contribution in [0.4, 0.5) is 14.6 Å². The number of fused-ring (bicyclic) bond motifs is 2. The lowest BCUT2D eigenvalue weighted by Crippen LogP contribution is -2.46. The molecule has 1 spiro atoms. The predicted octanol–water partition coefficient (Wildman–Crippen LogP) is 5.43. The minimum Gasteiger partial charge on any atom is -0.367 e. The number of aromatic nitrogens is 4. The summed E-state index contributed by atoms with van der Waals surface area (Å²) in [5, 5.41) is 3.56. The van der Waals surface area contributed by atoms with Gasteiger partial charge in [0, 0.05) is 30.4 Å². The van der Waals surface area contributed by atoms with Crippen LogP contribution in [-0.4, -0.2) is 44.6 Å². The molecule has 6 rings (SSSR count). The van der Waals surface area contributed by atoms with E-state index in [2.05, 4.69) is 34.1 Å². The van der Waals surface area contributed by atoms with Crippen molar-refractivity contribution in [3.05, 3.63) is 42.0 Å². The number of benzene rings is 1. The van der Waals surface area contributed by atoms with Crippen LogP contribution in [0.25, 0.3) is 16.9 Å². The minimum atomic E-state index is -2.72. The number of rotatable bonds is 4. The zero-order valence-corrected chi connectivity index (χ0v) is 20.3. The fourth-order valence-electron chi connectivity index (χ4n) is 6.07. The monoisotopic (exact) mass is 483 g/mol. The molecule has 0 unspecified atom stereocenters. The number of imidazole rings is 1. The Balaban J connectivity index is 1.20. The summed E-state index contributed by atoms with van der Waals surface area (Å²) in [5.41, 5.74) is 1.19. The maximum absolute atomic E-state index is 13.8. The maximum atomic E-state index is 13.8. The van der Waals surface area contributed by atoms with Gasteiger partial charge in [-0.2, -0.15) is 0 Å². The van der Waals surface area contributed by atoms with E-state index >= 15 is 0 Å². The molecular weight excluding hydrogens is 452 g/mol. The summed E-state index contributed by atoms with van der Waals surface area (Å²) in [7, 11) is 0. The van der Waals surface area contributed by atoms with Crippen LogP contribution in [0.1, 0.15) is 57.6 Å². The van der Waals surface area contributed by atoms with E-state index in [0.717, 1.165) is 38.9 Å². The van der Waals surface area contributed by atoms with Crippen molar-refractivity contribution >= 4 is 16.9 Å². The highest BCUT2D eigenvalue weighted by atomic mass is 19.3. The molecule has 3 atom stereocenters. The predicted molar refractivity (Wildman–Crippen MR) is 128 cm³/mol. The Morgan fingerprint density at radius 3 is 2.40 bits per heavy atom. The van der Waals surface area contributed by atoms with Gasteiger partial charge in [-0.25, -0.2) is 23.7 Å². The molecule has 2 aromatic heterocycles. The summed E-state index contributed by atoms with van der Waals surface area (Å²) in [6, 6.07) is 9.13. The van der Waals surface area contributed by atoms with E-state index in [1.165, 1.54) is 4.57 Å². The number of ether oxygens (including phenoxy) is 2. The molecule has 9 heteroatoms. The molecule has 0 radical (unpaired) electrons. The van der Waals surface area contributed by atoms with Crippen molar-refractivity contribution in [3.63, 3.8) is 0 Å². The van der Waals surface area contributed by atoms with E-state index in [0.29, 0.717) is 40.3 Å². The molecule has 3 aliphatic rings. The third-order valence-electron chi connectivity index (χ3n) is 7.63. The molecule has 3 heterocycles. The first kappa shape index (κ1) is 22.8. The van der Waals surface area contributed by atoms with E-state index in [1.807, 2.05) is 6.07 Å². The first-order chi connectivity index (χ1) is 16.7. The highest BCUT2D eigenvalue weighted by Crippen LogP contribution is 2.53. The Hall–Kier alpha value is -2.65. The molecule has 3 aromatic rings. The van der Waals surface area contributed by atoms with Gasteiger partial charge < -0.3 is 14.8 Å². The normalized spacial score (nSPS) is 27.1. The van der Waals surface area contributed by atoms with Crippen molar-refractivity contribution in [2.45, 2.75) is 64.7 Å². The number of nitrogens with one attached hydrogen (secondary N) is 1. The first-order valence-corrected chi connectivity index (χ1v) is 12.4. The lowest BCUT2D eigenvalue weighted by atomic mass is 9.94. The Morgan fingerprint density at radius 1 is 1.03 bits per heavy atom. The van der Waals surface area contributed by atoms with Crippen molar-refractivity contribution < 1.29 is 18.3 Å². The molecule has 1 aromatic carbocycles. The lowest BCUT2D eigenvalue weighted by Gasteiger charge is -2.42. The van der Waals surface area contributed by atoms with Crippen LogP contribution >= 0.6 is 0 Å². The number of halogens is 2. The van der Waals surface area contributed by atoms with E-state index in [-0.39, 0.29) is 17.3 Å². The largest absolute Gasteiger partial charge is 0.367 e. The van der Waals surface area contributed by atoms with E-state index < -0.39 is 12.2 Å². The van der Waals surface area contributed by atoms with Crippen LogP contribution in [-0.2, 0) is 9.47 Å². The van der Waals surface area contributed by atoms with Gasteiger partial charge in [0.15, 0.2) is 11.6 Å². The number of anilines is 1. The van der Waals surface area contributed by atoms with Crippen LogP contribution in [0.15, 0.2) is 30.3 Å². The first-order valence-electron chi connectivity index (χ1n) is 12.4. The Morgan fingerprint density at radius 2 is 1.71 bits per heavy atom. The second-order valence-corrected chi connectivity index (χ2v) is 11.1. The summed E-state index contributed by atoms with van der Waals surface area (Å²) < 4.78 is 41.6. The molecule has 1 saturated heterocycles. The zero-order valence-electron chi connectivity index (χ0n) is 20.3. The quantitative estimate of drug-likeness (QED) is 0.533. The van der Waals surface area contributed by atoms with Crippen molar-refractivity contribution in [1.82, 2.24) is 19.5 Å². The van der Waals surface area contributed by atoms with Gasteiger partial charge >= 0.3 is 0 Å². The third-order valence-corrected chi connectivity index (χ3v) is 7.63.